The van der Waals surface area contributed by atoms with Crippen LogP contribution in [0.15, 0.2) is 42.5 Å². The molecule has 0 fully saturated rings. The number of anilines is 1. The molecule has 2 rings (SSSR count). The molecule has 0 atom stereocenters. The Kier molecular flexibility index (Phi) is 18.1. The van der Waals surface area contributed by atoms with Crippen LogP contribution in [0.3, 0.4) is 0 Å². The van der Waals surface area contributed by atoms with Gasteiger partial charge in [0.15, 0.2) is 0 Å². The molecule has 1 amide bonds. The number of aryl methyl sites for hydroxylation is 2. The molecule has 0 saturated heterocycles. The van der Waals surface area contributed by atoms with Crippen LogP contribution >= 0.6 is 11.6 Å². The minimum atomic E-state index is -0.0232. The van der Waals surface area contributed by atoms with E-state index >= 15 is 0 Å². The summed E-state index contributed by atoms with van der Waals surface area (Å²) in [7, 11) is 0. The Morgan fingerprint density at radius 1 is 1.07 bits per heavy atom. The average molecular weight is 393 g/mol. The zero-order valence-corrected chi connectivity index (χ0v) is 18.6. The maximum Gasteiger partial charge on any atom is 1.00 e. The van der Waals surface area contributed by atoms with Gasteiger partial charge in [-0.1, -0.05) is 42.8 Å². The largest absolute Gasteiger partial charge is 1.00 e. The molecule has 0 aromatic heterocycles. The van der Waals surface area contributed by atoms with Gasteiger partial charge in [0, 0.05) is 5.69 Å². The quantitative estimate of drug-likeness (QED) is 0.599. The van der Waals surface area contributed by atoms with Crippen molar-refractivity contribution in [1.82, 2.24) is 0 Å². The van der Waals surface area contributed by atoms with Crippen LogP contribution in [0.5, 0.6) is 0 Å². The van der Waals surface area contributed by atoms with Gasteiger partial charge in [-0.15, -0.1) is 18.6 Å². The standard InChI is InChI=1S/C12H16NO.C7H6Cl.C5H10.Li/c1-4-6-11(14)13-12-9(2)7-5-8-10(12)3;1-6-3-2-4-7(8)5-6;1-3-5-4-2;/h5-8H,4H2,1-3H3,(H,13,14);2-5H,1H2;1-5H2;/q2*-1;-2;+1. The Labute approximate surface area is 189 Å². The van der Waals surface area contributed by atoms with Crippen LogP contribution < -0.4 is 24.2 Å². The van der Waals surface area contributed by atoms with E-state index in [0.717, 1.165) is 46.7 Å². The van der Waals surface area contributed by atoms with Crippen molar-refractivity contribution in [2.24, 2.45) is 0 Å². The minimum Gasteiger partial charge on any atom is -0.351 e. The summed E-state index contributed by atoms with van der Waals surface area (Å²) in [6.07, 6.45) is 5.63. The summed E-state index contributed by atoms with van der Waals surface area (Å²) in [6.45, 7) is 16.9. The van der Waals surface area contributed by atoms with Gasteiger partial charge in [-0.05, 0) is 30.0 Å². The van der Waals surface area contributed by atoms with Gasteiger partial charge in [0.1, 0.15) is 0 Å². The zero-order valence-electron chi connectivity index (χ0n) is 17.9. The van der Waals surface area contributed by atoms with Crippen molar-refractivity contribution in [2.45, 2.75) is 46.5 Å². The zero-order chi connectivity index (χ0) is 20.7. The maximum atomic E-state index is 11.4. The first-order chi connectivity index (χ1) is 12.8. The fourth-order valence-electron chi connectivity index (χ4n) is 2.09. The molecule has 1 N–H and O–H groups in total. The van der Waals surface area contributed by atoms with E-state index in [1.54, 1.807) is 6.42 Å². The predicted molar refractivity (Wildman–Crippen MR) is 120 cm³/mol. The molecule has 2 aromatic carbocycles. The summed E-state index contributed by atoms with van der Waals surface area (Å²) in [5.41, 5.74) is 4.09. The van der Waals surface area contributed by atoms with E-state index in [0.29, 0.717) is 0 Å². The Bertz CT molecular complexity index is 634. The van der Waals surface area contributed by atoms with Gasteiger partial charge < -0.3 is 30.4 Å². The maximum absolute atomic E-state index is 11.4. The van der Waals surface area contributed by atoms with Gasteiger partial charge in [0.25, 0.3) is 0 Å². The second kappa shape index (κ2) is 17.6. The molecular formula is C24H32ClLiNO-3. The predicted octanol–water partition coefficient (Wildman–Crippen LogP) is 4.21. The van der Waals surface area contributed by atoms with Gasteiger partial charge in [-0.3, -0.25) is 0 Å². The second-order valence-corrected chi connectivity index (χ2v) is 6.50. The van der Waals surface area contributed by atoms with Crippen molar-refractivity contribution in [1.29, 1.82) is 0 Å². The van der Waals surface area contributed by atoms with Gasteiger partial charge in [-0.2, -0.15) is 37.8 Å². The molecule has 2 nitrogen and oxygen atoms in total. The first-order valence-corrected chi connectivity index (χ1v) is 9.59. The van der Waals surface area contributed by atoms with E-state index in [1.807, 2.05) is 63.2 Å². The van der Waals surface area contributed by atoms with Crippen LogP contribution in [0.25, 0.3) is 0 Å². The number of benzene rings is 2. The Balaban J connectivity index is 0. The third kappa shape index (κ3) is 13.7. The number of carbonyl (C=O) groups excluding carboxylic acids is 1. The minimum absolute atomic E-state index is 0. The van der Waals surface area contributed by atoms with Crippen LogP contribution in [0.4, 0.5) is 5.69 Å². The molecule has 0 unspecified atom stereocenters. The Morgan fingerprint density at radius 3 is 1.96 bits per heavy atom. The van der Waals surface area contributed by atoms with E-state index in [-0.39, 0.29) is 24.8 Å². The monoisotopic (exact) mass is 392 g/mol. The summed E-state index contributed by atoms with van der Waals surface area (Å²) in [5.74, 6) is -0.0232. The molecule has 0 aliphatic heterocycles. The van der Waals surface area contributed by atoms with Crippen LogP contribution in [0.2, 0.25) is 5.02 Å². The molecule has 0 spiro atoms. The van der Waals surface area contributed by atoms with Crippen LogP contribution in [0, 0.1) is 41.0 Å². The second-order valence-electron chi connectivity index (χ2n) is 6.06. The van der Waals surface area contributed by atoms with Crippen LogP contribution in [-0.4, -0.2) is 5.91 Å². The number of hydrogen-bond donors (Lipinski definition) is 1. The number of unbranched alkanes of at least 4 members (excludes halogenated alkanes) is 2. The van der Waals surface area contributed by atoms with E-state index in [2.05, 4.69) is 26.1 Å². The Morgan fingerprint density at radius 2 is 1.61 bits per heavy atom. The number of carbonyl (C=O) groups is 1. The number of halogens is 1. The van der Waals surface area contributed by atoms with Gasteiger partial charge >= 0.3 is 18.9 Å². The van der Waals surface area contributed by atoms with Gasteiger partial charge in [-0.25, -0.2) is 0 Å². The smallest absolute Gasteiger partial charge is 0.351 e. The summed E-state index contributed by atoms with van der Waals surface area (Å²) in [6, 6.07) is 13.4. The van der Waals surface area contributed by atoms with E-state index < -0.39 is 0 Å². The molecule has 28 heavy (non-hydrogen) atoms. The third-order valence-electron chi connectivity index (χ3n) is 3.51. The van der Waals surface area contributed by atoms with E-state index in [1.165, 1.54) is 6.42 Å². The number of rotatable bonds is 5. The molecule has 0 radical (unpaired) electrons. The molecule has 4 heteroatoms. The average Bonchev–Trinajstić information content (AvgIpc) is 2.60. The molecule has 0 aliphatic rings. The van der Waals surface area contributed by atoms with Crippen molar-refractivity contribution >= 4 is 23.2 Å². The van der Waals surface area contributed by atoms with Crippen LogP contribution in [0.1, 0.15) is 49.3 Å². The third-order valence-corrected chi connectivity index (χ3v) is 3.74. The van der Waals surface area contributed by atoms with E-state index in [9.17, 15) is 4.79 Å². The van der Waals surface area contributed by atoms with Crippen molar-refractivity contribution in [3.63, 3.8) is 0 Å². The van der Waals surface area contributed by atoms with Crippen molar-refractivity contribution in [3.05, 3.63) is 91.4 Å². The summed E-state index contributed by atoms with van der Waals surface area (Å²) in [5, 5.41) is 3.63. The summed E-state index contributed by atoms with van der Waals surface area (Å²) >= 11 is 5.60. The van der Waals surface area contributed by atoms with Gasteiger partial charge in [0.05, 0.1) is 5.91 Å². The van der Waals surface area contributed by atoms with Gasteiger partial charge in [0.2, 0.25) is 0 Å². The first-order valence-electron chi connectivity index (χ1n) is 9.22. The normalized spacial score (nSPS) is 8.93. The number of amides is 1. The fraction of sp³-hybridized carbons (Fsp3) is 0.292. The van der Waals surface area contributed by atoms with E-state index in [4.69, 9.17) is 11.6 Å². The molecule has 2 aromatic rings. The fourth-order valence-corrected chi connectivity index (χ4v) is 2.30. The molecule has 150 valence electrons. The molecule has 0 bridgehead atoms. The SMILES string of the molecule is CC[CH-]C(=O)Nc1c(C)cccc1C.[CH2-]CCC[CH2-].[CH2-]c1cccc(Cl)c1.[Li+]. The summed E-state index contributed by atoms with van der Waals surface area (Å²) in [4.78, 5) is 11.4. The number of nitrogens with one attached hydrogen (secondary N) is 1. The summed E-state index contributed by atoms with van der Waals surface area (Å²) < 4.78 is 0. The van der Waals surface area contributed by atoms with Crippen molar-refractivity contribution < 1.29 is 23.7 Å². The van der Waals surface area contributed by atoms with Crippen molar-refractivity contribution in [2.75, 3.05) is 5.32 Å². The first kappa shape index (κ1) is 28.7. The van der Waals surface area contributed by atoms with Crippen LogP contribution in [-0.2, 0) is 4.79 Å². The molecule has 0 aliphatic carbocycles. The molecular weight excluding hydrogens is 361 g/mol. The molecule has 0 heterocycles. The van der Waals surface area contributed by atoms with Crippen molar-refractivity contribution in [3.8, 4) is 0 Å². The topological polar surface area (TPSA) is 29.1 Å². The number of hydrogen-bond acceptors (Lipinski definition) is 1. The number of para-hydroxylation sites is 1. The molecule has 0 saturated carbocycles. The Hall–Kier alpha value is -1.46.